The predicted molar refractivity (Wildman–Crippen MR) is 72.9 cm³/mol. The third-order valence-corrected chi connectivity index (χ3v) is 3.61. The standard InChI is InChI=1S/C15H18F4N2/c1-9(2)7-12(21-5-3-20-4-6-21)13-14(18)10(16)8-11(17)15(13)19/h8,12,20H,1,3-7H2,2H3/t12-/m0/s1. The van der Waals surface area contributed by atoms with Crippen molar-refractivity contribution in [2.45, 2.75) is 19.4 Å². The molecule has 1 aromatic carbocycles. The summed E-state index contributed by atoms with van der Waals surface area (Å²) in [5.41, 5.74) is 0.152. The van der Waals surface area contributed by atoms with E-state index in [1.807, 2.05) is 4.90 Å². The second-order valence-electron chi connectivity index (χ2n) is 5.34. The van der Waals surface area contributed by atoms with Crippen LogP contribution in [0.3, 0.4) is 0 Å². The van der Waals surface area contributed by atoms with Crippen LogP contribution >= 0.6 is 0 Å². The van der Waals surface area contributed by atoms with Gasteiger partial charge < -0.3 is 5.32 Å². The minimum absolute atomic E-state index is 0.240. The number of benzene rings is 1. The molecule has 21 heavy (non-hydrogen) atoms. The van der Waals surface area contributed by atoms with E-state index in [9.17, 15) is 17.6 Å². The molecular formula is C15H18F4N2. The van der Waals surface area contributed by atoms with E-state index < -0.39 is 34.9 Å². The number of hydrogen-bond donors (Lipinski definition) is 1. The zero-order valence-corrected chi connectivity index (χ0v) is 11.9. The van der Waals surface area contributed by atoms with Gasteiger partial charge in [0.15, 0.2) is 23.3 Å². The number of nitrogens with one attached hydrogen (secondary N) is 1. The Morgan fingerprint density at radius 2 is 1.71 bits per heavy atom. The van der Waals surface area contributed by atoms with Gasteiger partial charge in [-0.25, -0.2) is 17.6 Å². The molecular weight excluding hydrogens is 284 g/mol. The SMILES string of the molecule is C=C(C)C[C@@H](c1c(F)c(F)cc(F)c1F)N1CCNCC1. The maximum absolute atomic E-state index is 14.0. The van der Waals surface area contributed by atoms with Gasteiger partial charge in [0.05, 0.1) is 0 Å². The highest BCUT2D eigenvalue weighted by Gasteiger charge is 2.30. The number of rotatable bonds is 4. The molecule has 0 radical (unpaired) electrons. The van der Waals surface area contributed by atoms with E-state index in [4.69, 9.17) is 0 Å². The minimum atomic E-state index is -1.37. The quantitative estimate of drug-likeness (QED) is 0.522. The van der Waals surface area contributed by atoms with Crippen LogP contribution in [0.5, 0.6) is 0 Å². The first-order chi connectivity index (χ1) is 9.91. The lowest BCUT2D eigenvalue weighted by Crippen LogP contribution is -2.45. The molecule has 6 heteroatoms. The Labute approximate surface area is 121 Å². The molecule has 116 valence electrons. The molecule has 0 spiro atoms. The molecule has 1 saturated heterocycles. The summed E-state index contributed by atoms with van der Waals surface area (Å²) in [4.78, 5) is 1.82. The normalized spacial score (nSPS) is 17.8. The Bertz CT molecular complexity index is 513. The fourth-order valence-electron chi connectivity index (χ4n) is 2.62. The highest BCUT2D eigenvalue weighted by atomic mass is 19.2. The fraction of sp³-hybridized carbons (Fsp3) is 0.467. The molecule has 0 unspecified atom stereocenters. The molecule has 1 heterocycles. The maximum atomic E-state index is 14.0. The highest BCUT2D eigenvalue weighted by Crippen LogP contribution is 2.33. The molecule has 0 amide bonds. The van der Waals surface area contributed by atoms with Crippen LogP contribution in [0.25, 0.3) is 0 Å². The van der Waals surface area contributed by atoms with Gasteiger partial charge in [0.2, 0.25) is 0 Å². The summed E-state index contributed by atoms with van der Waals surface area (Å²) < 4.78 is 55.0. The van der Waals surface area contributed by atoms with Crippen LogP contribution in [0.4, 0.5) is 17.6 Å². The lowest BCUT2D eigenvalue weighted by atomic mass is 9.96. The van der Waals surface area contributed by atoms with Crippen molar-refractivity contribution >= 4 is 0 Å². The van der Waals surface area contributed by atoms with E-state index in [0.717, 1.165) is 0 Å². The summed E-state index contributed by atoms with van der Waals surface area (Å²) in [5, 5.41) is 3.13. The molecule has 1 aliphatic heterocycles. The summed E-state index contributed by atoms with van der Waals surface area (Å²) >= 11 is 0. The smallest absolute Gasteiger partial charge is 0.166 e. The van der Waals surface area contributed by atoms with Crippen molar-refractivity contribution in [2.75, 3.05) is 26.2 Å². The first kappa shape index (κ1) is 16.0. The van der Waals surface area contributed by atoms with Gasteiger partial charge in [-0.15, -0.1) is 6.58 Å². The van der Waals surface area contributed by atoms with Crippen LogP contribution in [0.2, 0.25) is 0 Å². The highest BCUT2D eigenvalue weighted by molar-refractivity contribution is 5.27. The zero-order valence-electron chi connectivity index (χ0n) is 11.9. The fourth-order valence-corrected chi connectivity index (χ4v) is 2.62. The van der Waals surface area contributed by atoms with Crippen LogP contribution in [0.15, 0.2) is 18.2 Å². The van der Waals surface area contributed by atoms with Gasteiger partial charge in [-0.05, 0) is 13.3 Å². The summed E-state index contributed by atoms with van der Waals surface area (Å²) in [6.07, 6.45) is 0.247. The summed E-state index contributed by atoms with van der Waals surface area (Å²) in [6.45, 7) is 7.89. The third kappa shape index (κ3) is 3.44. The average Bonchev–Trinajstić information content (AvgIpc) is 2.45. The lowest BCUT2D eigenvalue weighted by Gasteiger charge is -2.35. The van der Waals surface area contributed by atoms with Crippen molar-refractivity contribution in [2.24, 2.45) is 0 Å². The Morgan fingerprint density at radius 3 is 2.19 bits per heavy atom. The Hall–Kier alpha value is -1.40. The largest absolute Gasteiger partial charge is 0.314 e. The summed E-state index contributed by atoms with van der Waals surface area (Å²) in [7, 11) is 0. The second-order valence-corrected chi connectivity index (χ2v) is 5.34. The first-order valence-corrected chi connectivity index (χ1v) is 6.84. The van der Waals surface area contributed by atoms with Crippen molar-refractivity contribution in [1.29, 1.82) is 0 Å². The minimum Gasteiger partial charge on any atom is -0.314 e. The van der Waals surface area contributed by atoms with E-state index in [1.54, 1.807) is 6.92 Å². The van der Waals surface area contributed by atoms with Gasteiger partial charge >= 0.3 is 0 Å². The summed E-state index contributed by atoms with van der Waals surface area (Å²) in [5.74, 6) is -5.38. The van der Waals surface area contributed by atoms with E-state index in [0.29, 0.717) is 31.8 Å². The second kappa shape index (κ2) is 6.58. The molecule has 2 rings (SSSR count). The van der Waals surface area contributed by atoms with Crippen LogP contribution in [-0.2, 0) is 0 Å². The maximum Gasteiger partial charge on any atom is 0.166 e. The van der Waals surface area contributed by atoms with Crippen molar-refractivity contribution in [3.63, 3.8) is 0 Å². The first-order valence-electron chi connectivity index (χ1n) is 6.84. The molecule has 1 atom stereocenters. The monoisotopic (exact) mass is 302 g/mol. The van der Waals surface area contributed by atoms with Crippen LogP contribution in [0, 0.1) is 23.3 Å². The molecule has 1 N–H and O–H groups in total. The number of nitrogens with zero attached hydrogens (tertiary/aromatic N) is 1. The van der Waals surface area contributed by atoms with Crippen LogP contribution in [-0.4, -0.2) is 31.1 Å². The molecule has 1 fully saturated rings. The van der Waals surface area contributed by atoms with Gasteiger partial charge in [-0.1, -0.05) is 5.57 Å². The van der Waals surface area contributed by atoms with Crippen molar-refractivity contribution in [3.05, 3.63) is 47.1 Å². The van der Waals surface area contributed by atoms with E-state index in [2.05, 4.69) is 11.9 Å². The lowest BCUT2D eigenvalue weighted by molar-refractivity contribution is 0.164. The molecule has 0 saturated carbocycles. The van der Waals surface area contributed by atoms with Crippen molar-refractivity contribution in [3.8, 4) is 0 Å². The van der Waals surface area contributed by atoms with Crippen LogP contribution < -0.4 is 5.32 Å². The molecule has 1 aliphatic rings. The van der Waals surface area contributed by atoms with E-state index in [-0.39, 0.29) is 12.5 Å². The van der Waals surface area contributed by atoms with E-state index >= 15 is 0 Å². The van der Waals surface area contributed by atoms with Gasteiger partial charge in [0.25, 0.3) is 0 Å². The van der Waals surface area contributed by atoms with Gasteiger partial charge in [-0.2, -0.15) is 0 Å². The van der Waals surface area contributed by atoms with Crippen molar-refractivity contribution in [1.82, 2.24) is 10.2 Å². The van der Waals surface area contributed by atoms with Crippen LogP contribution in [0.1, 0.15) is 24.9 Å². The number of piperazine rings is 1. The molecule has 0 bridgehead atoms. The van der Waals surface area contributed by atoms with Gasteiger partial charge in [0.1, 0.15) is 0 Å². The number of halogens is 4. The Balaban J connectivity index is 2.47. The zero-order chi connectivity index (χ0) is 15.6. The predicted octanol–water partition coefficient (Wildman–Crippen LogP) is 3.16. The molecule has 2 nitrogen and oxygen atoms in total. The van der Waals surface area contributed by atoms with Gasteiger partial charge in [-0.3, -0.25) is 4.90 Å². The molecule has 0 aromatic heterocycles. The molecule has 1 aromatic rings. The molecule has 0 aliphatic carbocycles. The average molecular weight is 302 g/mol. The van der Waals surface area contributed by atoms with Gasteiger partial charge in [0, 0.05) is 43.9 Å². The Kier molecular flexibility index (Phi) is 5.00. The number of hydrogen-bond acceptors (Lipinski definition) is 2. The Morgan fingerprint density at radius 1 is 1.19 bits per heavy atom. The van der Waals surface area contributed by atoms with Crippen molar-refractivity contribution < 1.29 is 17.6 Å². The third-order valence-electron chi connectivity index (χ3n) is 3.61. The topological polar surface area (TPSA) is 15.3 Å². The van der Waals surface area contributed by atoms with E-state index in [1.165, 1.54) is 0 Å². The summed E-state index contributed by atoms with van der Waals surface area (Å²) in [6, 6.07) is -0.515.